The molecule has 0 bridgehead atoms. The number of allylic oxidation sites excluding steroid dienone is 2. The number of unbranched alkanes of at least 4 members (excludes halogenated alkanes) is 11. The summed E-state index contributed by atoms with van der Waals surface area (Å²) in [6.07, 6.45) is 22.7. The van der Waals surface area contributed by atoms with Gasteiger partial charge in [-0.05, 0) is 58.7 Å². The Bertz CT molecular complexity index is 333. The van der Waals surface area contributed by atoms with Crippen LogP contribution >= 0.6 is 0 Å². The van der Waals surface area contributed by atoms with Crippen LogP contribution in [0.2, 0.25) is 0 Å². The number of amides is 1. The molecule has 0 aromatic heterocycles. The summed E-state index contributed by atoms with van der Waals surface area (Å²) in [5.74, 6) is -0.271. The van der Waals surface area contributed by atoms with Crippen LogP contribution < -0.4 is 5.48 Å². The van der Waals surface area contributed by atoms with E-state index in [2.05, 4.69) is 44.9 Å². The van der Waals surface area contributed by atoms with E-state index in [0.29, 0.717) is 6.42 Å². The van der Waals surface area contributed by atoms with Crippen molar-refractivity contribution in [3.63, 3.8) is 0 Å². The van der Waals surface area contributed by atoms with Crippen LogP contribution in [0.25, 0.3) is 0 Å². The van der Waals surface area contributed by atoms with E-state index in [0.717, 1.165) is 12.8 Å². The molecule has 2 N–H and O–H groups in total. The number of rotatable bonds is 18. The van der Waals surface area contributed by atoms with E-state index in [9.17, 15) is 4.79 Å². The van der Waals surface area contributed by atoms with E-state index in [1.807, 2.05) is 0 Å². The van der Waals surface area contributed by atoms with Gasteiger partial charge in [-0.25, -0.2) is 5.48 Å². The summed E-state index contributed by atoms with van der Waals surface area (Å²) in [5, 5.41) is 8.34. The monoisotopic (exact) mass is 398 g/mol. The maximum atomic E-state index is 10.8. The Balaban J connectivity index is 0. The fraction of sp³-hybridized carbons (Fsp3) is 0.875. The third-order valence-electron chi connectivity index (χ3n) is 4.94. The molecule has 1 amide bonds. The minimum atomic E-state index is -0.271. The highest BCUT2D eigenvalue weighted by Crippen LogP contribution is 2.09. The Hall–Kier alpha value is -0.870. The highest BCUT2D eigenvalue weighted by molar-refractivity contribution is 5.74. The summed E-state index contributed by atoms with van der Waals surface area (Å²) in [6, 6.07) is 0. The van der Waals surface area contributed by atoms with Gasteiger partial charge >= 0.3 is 0 Å². The van der Waals surface area contributed by atoms with Gasteiger partial charge < -0.3 is 4.90 Å². The summed E-state index contributed by atoms with van der Waals surface area (Å²) in [6.45, 7) is 9.04. The van der Waals surface area contributed by atoms with Crippen LogP contribution in [0.5, 0.6) is 0 Å². The minimum absolute atomic E-state index is 0.271. The van der Waals surface area contributed by atoms with Crippen LogP contribution in [0.1, 0.15) is 117 Å². The van der Waals surface area contributed by atoms with Gasteiger partial charge in [-0.2, -0.15) is 0 Å². The summed E-state index contributed by atoms with van der Waals surface area (Å²) in [7, 11) is 2.14. The number of hydrogen-bond acceptors (Lipinski definition) is 3. The molecule has 0 atom stereocenters. The Labute approximate surface area is 176 Å². The van der Waals surface area contributed by atoms with Crippen LogP contribution in [0.4, 0.5) is 0 Å². The highest BCUT2D eigenvalue weighted by atomic mass is 16.5. The predicted molar refractivity (Wildman–Crippen MR) is 123 cm³/mol. The largest absolute Gasteiger partial charge is 0.307 e. The Morgan fingerprint density at radius 3 is 1.71 bits per heavy atom. The van der Waals surface area contributed by atoms with Crippen molar-refractivity contribution in [1.29, 1.82) is 0 Å². The molecule has 0 rings (SSSR count). The van der Waals surface area contributed by atoms with Crippen molar-refractivity contribution in [2.75, 3.05) is 20.1 Å². The first-order valence-corrected chi connectivity index (χ1v) is 11.9. The van der Waals surface area contributed by atoms with Gasteiger partial charge in [-0.3, -0.25) is 10.0 Å². The lowest BCUT2D eigenvalue weighted by molar-refractivity contribution is -0.129. The molecular weight excluding hydrogens is 348 g/mol. The van der Waals surface area contributed by atoms with Gasteiger partial charge in [0, 0.05) is 6.42 Å². The average molecular weight is 399 g/mol. The van der Waals surface area contributed by atoms with E-state index < -0.39 is 0 Å². The minimum Gasteiger partial charge on any atom is -0.307 e. The van der Waals surface area contributed by atoms with Crippen molar-refractivity contribution < 1.29 is 10.0 Å². The van der Waals surface area contributed by atoms with Gasteiger partial charge in [-0.1, -0.05) is 84.3 Å². The molecule has 0 spiro atoms. The standard InChI is InChI=1S/C18H35NO2.C6H15N/c1-2-3-4-5-6-7-8-9-10-11-12-13-14-15-16-17-18(20)19-21;1-4-6-7(3)5-2/h9-10,21H,2-8,11-17H2,1H3,(H,19,20);4-6H2,1-3H3. The van der Waals surface area contributed by atoms with Gasteiger partial charge in [-0.15, -0.1) is 0 Å². The first-order valence-electron chi connectivity index (χ1n) is 11.9. The molecular formula is C24H50N2O2. The fourth-order valence-corrected chi connectivity index (χ4v) is 2.95. The third kappa shape index (κ3) is 27.3. The lowest BCUT2D eigenvalue weighted by atomic mass is 10.1. The molecule has 0 unspecified atom stereocenters. The van der Waals surface area contributed by atoms with Gasteiger partial charge in [0.15, 0.2) is 0 Å². The molecule has 0 radical (unpaired) electrons. The van der Waals surface area contributed by atoms with Crippen molar-refractivity contribution in [2.45, 2.75) is 117 Å². The first kappa shape index (κ1) is 29.3. The smallest absolute Gasteiger partial charge is 0.243 e. The van der Waals surface area contributed by atoms with E-state index in [1.54, 1.807) is 5.48 Å². The molecule has 4 heteroatoms. The molecule has 28 heavy (non-hydrogen) atoms. The zero-order valence-corrected chi connectivity index (χ0v) is 19.5. The Morgan fingerprint density at radius 1 is 0.786 bits per heavy atom. The number of nitrogens with zero attached hydrogens (tertiary/aromatic N) is 1. The Kier molecular flexibility index (Phi) is 27.4. The maximum absolute atomic E-state index is 10.8. The topological polar surface area (TPSA) is 52.6 Å². The van der Waals surface area contributed by atoms with E-state index in [1.165, 1.54) is 90.1 Å². The molecule has 0 aliphatic heterocycles. The molecule has 0 aliphatic carbocycles. The number of carbonyl (C=O) groups excluding carboxylic acids is 1. The maximum Gasteiger partial charge on any atom is 0.243 e. The van der Waals surface area contributed by atoms with E-state index >= 15 is 0 Å². The molecule has 0 fully saturated rings. The summed E-state index contributed by atoms with van der Waals surface area (Å²) >= 11 is 0. The second-order valence-corrected chi connectivity index (χ2v) is 7.77. The zero-order valence-electron chi connectivity index (χ0n) is 19.5. The number of carbonyl (C=O) groups is 1. The number of hydroxylamine groups is 1. The summed E-state index contributed by atoms with van der Waals surface area (Å²) in [5.41, 5.74) is 1.67. The van der Waals surface area contributed by atoms with Gasteiger partial charge in [0.05, 0.1) is 0 Å². The van der Waals surface area contributed by atoms with Crippen LogP contribution in [-0.4, -0.2) is 36.2 Å². The van der Waals surface area contributed by atoms with E-state index in [-0.39, 0.29) is 5.91 Å². The molecule has 0 aromatic rings. The van der Waals surface area contributed by atoms with Crippen LogP contribution in [0, 0.1) is 0 Å². The number of hydrogen-bond donors (Lipinski definition) is 2. The predicted octanol–water partition coefficient (Wildman–Crippen LogP) is 6.88. The Morgan fingerprint density at radius 2 is 1.29 bits per heavy atom. The fourth-order valence-electron chi connectivity index (χ4n) is 2.95. The normalized spacial score (nSPS) is 10.9. The zero-order chi connectivity index (χ0) is 21.3. The van der Waals surface area contributed by atoms with Crippen LogP contribution in [0.15, 0.2) is 12.2 Å². The molecule has 0 aromatic carbocycles. The van der Waals surface area contributed by atoms with E-state index in [4.69, 9.17) is 5.21 Å². The van der Waals surface area contributed by atoms with Crippen molar-refractivity contribution in [3.8, 4) is 0 Å². The lowest BCUT2D eigenvalue weighted by Crippen LogP contribution is -2.17. The molecule has 0 aliphatic rings. The van der Waals surface area contributed by atoms with Crippen LogP contribution in [-0.2, 0) is 4.79 Å². The summed E-state index contributed by atoms with van der Waals surface area (Å²) in [4.78, 5) is 13.1. The average Bonchev–Trinajstić information content (AvgIpc) is 2.71. The first-order chi connectivity index (χ1) is 13.6. The van der Waals surface area contributed by atoms with Gasteiger partial charge in [0.25, 0.3) is 0 Å². The molecule has 0 saturated carbocycles. The second-order valence-electron chi connectivity index (χ2n) is 7.77. The van der Waals surface area contributed by atoms with Crippen molar-refractivity contribution >= 4 is 5.91 Å². The van der Waals surface area contributed by atoms with Gasteiger partial charge in [0.2, 0.25) is 5.91 Å². The lowest BCUT2D eigenvalue weighted by Gasteiger charge is -2.10. The van der Waals surface area contributed by atoms with Gasteiger partial charge in [0.1, 0.15) is 0 Å². The quantitative estimate of drug-likeness (QED) is 0.114. The highest BCUT2D eigenvalue weighted by Gasteiger charge is 1.97. The molecule has 4 nitrogen and oxygen atoms in total. The summed E-state index contributed by atoms with van der Waals surface area (Å²) < 4.78 is 0. The number of nitrogens with one attached hydrogen (secondary N) is 1. The molecule has 168 valence electrons. The third-order valence-corrected chi connectivity index (χ3v) is 4.94. The molecule has 0 heterocycles. The van der Waals surface area contributed by atoms with Crippen LogP contribution in [0.3, 0.4) is 0 Å². The van der Waals surface area contributed by atoms with Crippen molar-refractivity contribution in [1.82, 2.24) is 10.4 Å². The van der Waals surface area contributed by atoms with Crippen molar-refractivity contribution in [2.24, 2.45) is 0 Å². The second kappa shape index (κ2) is 26.1. The SMILES string of the molecule is CCCCCCCCC=CCCCCCCCC(=O)NO.CCCN(C)CC. The molecule has 0 saturated heterocycles. The van der Waals surface area contributed by atoms with Crippen molar-refractivity contribution in [3.05, 3.63) is 12.2 Å².